The first-order valence-electron chi connectivity index (χ1n) is 11.8. The molecule has 9 heteroatoms. The first-order valence-corrected chi connectivity index (χ1v) is 11.8. The van der Waals surface area contributed by atoms with Crippen LogP contribution in [0.5, 0.6) is 0 Å². The van der Waals surface area contributed by atoms with Gasteiger partial charge in [0.25, 0.3) is 17.7 Å². The summed E-state index contributed by atoms with van der Waals surface area (Å²) in [5, 5.41) is 11.4. The molecular weight excluding hydrogens is 460 g/mol. The molecule has 0 aromatic heterocycles. The number of rotatable bonds is 6. The third kappa shape index (κ3) is 6.29. The lowest BCUT2D eigenvalue weighted by molar-refractivity contribution is -0.148. The number of hydrogen-bond acceptors (Lipinski definition) is 6. The molecule has 1 aliphatic rings. The van der Waals surface area contributed by atoms with E-state index in [0.29, 0.717) is 5.56 Å². The quantitative estimate of drug-likeness (QED) is 0.243. The molecule has 1 atom stereocenters. The molecule has 1 aliphatic heterocycles. The van der Waals surface area contributed by atoms with Crippen LogP contribution in [0, 0.1) is 11.8 Å². The van der Waals surface area contributed by atoms with E-state index in [1.165, 1.54) is 32.1 Å². The first-order chi connectivity index (χ1) is 17.3. The lowest BCUT2D eigenvalue weighted by Crippen LogP contribution is -2.64. The minimum absolute atomic E-state index is 0.271. The summed E-state index contributed by atoms with van der Waals surface area (Å²) in [6.07, 6.45) is 1.05. The van der Waals surface area contributed by atoms with Gasteiger partial charge in [-0.25, -0.2) is 5.48 Å². The molecule has 3 amide bonds. The van der Waals surface area contributed by atoms with E-state index in [9.17, 15) is 14.4 Å². The summed E-state index contributed by atoms with van der Waals surface area (Å²) in [5.41, 5.74) is 2.61. The number of nitrogens with zero attached hydrogens (tertiary/aromatic N) is 2. The maximum absolute atomic E-state index is 13.0. The number of nitrogens with one attached hydrogen (secondary N) is 2. The van der Waals surface area contributed by atoms with Gasteiger partial charge < -0.3 is 15.0 Å². The van der Waals surface area contributed by atoms with Gasteiger partial charge in [-0.15, -0.1) is 0 Å². The maximum atomic E-state index is 13.0. The minimum Gasteiger partial charge on any atom is -0.380 e. The maximum Gasteiger partial charge on any atom is 0.278 e. The Labute approximate surface area is 211 Å². The summed E-state index contributed by atoms with van der Waals surface area (Å²) >= 11 is 0. The van der Waals surface area contributed by atoms with E-state index in [4.69, 9.17) is 9.94 Å². The average molecular weight is 493 g/mol. The second kappa shape index (κ2) is 12.3. The molecule has 0 saturated carbocycles. The fraction of sp³-hybridized carbons (Fsp3) is 0.370. The number of benzene rings is 2. The zero-order valence-corrected chi connectivity index (χ0v) is 20.8. The number of carbonyl (C=O) groups is 3. The Bertz CT molecular complexity index is 1110. The molecule has 3 N–H and O–H groups in total. The second-order valence-electron chi connectivity index (χ2n) is 8.72. The summed E-state index contributed by atoms with van der Waals surface area (Å²) in [4.78, 5) is 40.8. The molecule has 3 rings (SSSR count). The number of likely N-dealkylation sites (N-methyl/N-ethyl adjacent to an activating group) is 2. The van der Waals surface area contributed by atoms with Crippen LogP contribution < -0.4 is 10.8 Å². The number of amides is 3. The lowest BCUT2D eigenvalue weighted by atomic mass is 9.96. The van der Waals surface area contributed by atoms with Crippen molar-refractivity contribution in [3.8, 4) is 11.8 Å². The molecule has 1 heterocycles. The van der Waals surface area contributed by atoms with Gasteiger partial charge in [0, 0.05) is 57.0 Å². The van der Waals surface area contributed by atoms with Crippen molar-refractivity contribution in [3.05, 3.63) is 70.8 Å². The first kappa shape index (κ1) is 26.9. The van der Waals surface area contributed by atoms with E-state index >= 15 is 0 Å². The van der Waals surface area contributed by atoms with Gasteiger partial charge >= 0.3 is 0 Å². The summed E-state index contributed by atoms with van der Waals surface area (Å²) in [6, 6.07) is 14.7. The Kier molecular flexibility index (Phi) is 9.19. The molecule has 2 aromatic rings. The Balaban J connectivity index is 1.66. The summed E-state index contributed by atoms with van der Waals surface area (Å²) in [7, 11) is 2.67. The molecule has 1 saturated heterocycles. The van der Waals surface area contributed by atoms with Gasteiger partial charge in [-0.2, -0.15) is 0 Å². The van der Waals surface area contributed by atoms with Crippen molar-refractivity contribution < 1.29 is 24.3 Å². The summed E-state index contributed by atoms with van der Waals surface area (Å²) in [5.74, 6) is 3.90. The van der Waals surface area contributed by atoms with E-state index < -0.39 is 23.3 Å². The number of carbonyl (C=O) groups excluding carboxylic acids is 3. The smallest absolute Gasteiger partial charge is 0.278 e. The zero-order valence-electron chi connectivity index (χ0n) is 20.8. The largest absolute Gasteiger partial charge is 0.380 e. The molecule has 2 aromatic carbocycles. The van der Waals surface area contributed by atoms with Crippen molar-refractivity contribution in [3.63, 3.8) is 0 Å². The Hall–Kier alpha value is -3.71. The van der Waals surface area contributed by atoms with Crippen LogP contribution in [0.25, 0.3) is 0 Å². The normalized spacial score (nSPS) is 15.4. The molecule has 36 heavy (non-hydrogen) atoms. The molecule has 0 aliphatic carbocycles. The van der Waals surface area contributed by atoms with E-state index in [1.807, 2.05) is 12.1 Å². The highest BCUT2D eigenvalue weighted by molar-refractivity contribution is 6.12. The fourth-order valence-electron chi connectivity index (χ4n) is 3.90. The Morgan fingerprint density at radius 1 is 1.00 bits per heavy atom. The van der Waals surface area contributed by atoms with Crippen LogP contribution in [0.3, 0.4) is 0 Å². The van der Waals surface area contributed by atoms with E-state index in [2.05, 4.69) is 34.2 Å². The van der Waals surface area contributed by atoms with Gasteiger partial charge in [0.15, 0.2) is 5.54 Å². The molecule has 9 nitrogen and oxygen atoms in total. The molecular formula is C27H32N4O5. The van der Waals surface area contributed by atoms with Crippen LogP contribution in [-0.4, -0.2) is 78.7 Å². The second-order valence-corrected chi connectivity index (χ2v) is 8.72. The topological polar surface area (TPSA) is 111 Å². The van der Waals surface area contributed by atoms with Gasteiger partial charge in [0.2, 0.25) is 0 Å². The molecule has 0 radical (unpaired) electrons. The highest BCUT2D eigenvalue weighted by Gasteiger charge is 2.47. The zero-order chi connectivity index (χ0) is 26.1. The highest BCUT2D eigenvalue weighted by atomic mass is 16.5. The molecule has 0 spiro atoms. The van der Waals surface area contributed by atoms with Gasteiger partial charge in [-0.3, -0.25) is 24.5 Å². The van der Waals surface area contributed by atoms with Crippen LogP contribution in [0.15, 0.2) is 48.5 Å². The predicted octanol–water partition coefficient (Wildman–Crippen LogP) is 1.39. The van der Waals surface area contributed by atoms with Crippen LogP contribution >= 0.6 is 0 Å². The van der Waals surface area contributed by atoms with Crippen molar-refractivity contribution in [2.24, 2.45) is 0 Å². The fourth-order valence-corrected chi connectivity index (χ4v) is 3.90. The number of hydrogen-bond donors (Lipinski definition) is 3. The van der Waals surface area contributed by atoms with Crippen LogP contribution in [0.1, 0.15) is 40.4 Å². The molecule has 190 valence electrons. The van der Waals surface area contributed by atoms with Crippen LogP contribution in [0.2, 0.25) is 0 Å². The standard InChI is InChI=1S/C27H32N4O5/c1-27(25(33)28-2,26(34)29-35)30(3)24(32)23-13-11-21(12-14-23)6-5-20-7-9-22(10-8-20)19-31-15-4-17-36-18-16-31/h7-14,35H,4,15-19H2,1-3H3,(H,28,33)(H,29,34). The third-order valence-corrected chi connectivity index (χ3v) is 6.35. The van der Waals surface area contributed by atoms with Gasteiger partial charge in [-0.1, -0.05) is 24.0 Å². The van der Waals surface area contributed by atoms with Crippen molar-refractivity contribution in [1.82, 2.24) is 20.6 Å². The Morgan fingerprint density at radius 2 is 1.61 bits per heavy atom. The summed E-state index contributed by atoms with van der Waals surface area (Å²) in [6.45, 7) is 5.72. The molecule has 1 fully saturated rings. The average Bonchev–Trinajstić information content (AvgIpc) is 3.19. The van der Waals surface area contributed by atoms with E-state index in [0.717, 1.165) is 49.7 Å². The number of ether oxygens (including phenoxy) is 1. The lowest BCUT2D eigenvalue weighted by Gasteiger charge is -2.34. The van der Waals surface area contributed by atoms with Crippen molar-refractivity contribution >= 4 is 17.7 Å². The third-order valence-electron chi connectivity index (χ3n) is 6.35. The van der Waals surface area contributed by atoms with E-state index in [-0.39, 0.29) is 5.56 Å². The van der Waals surface area contributed by atoms with Crippen LogP contribution in [0.4, 0.5) is 0 Å². The molecule has 0 bridgehead atoms. The van der Waals surface area contributed by atoms with E-state index in [1.54, 1.807) is 24.3 Å². The number of hydroxylamine groups is 1. The highest BCUT2D eigenvalue weighted by Crippen LogP contribution is 2.18. The Morgan fingerprint density at radius 3 is 2.19 bits per heavy atom. The van der Waals surface area contributed by atoms with Gasteiger partial charge in [-0.05, 0) is 55.3 Å². The van der Waals surface area contributed by atoms with Crippen LogP contribution in [-0.2, 0) is 20.9 Å². The SMILES string of the molecule is CNC(=O)C(C)(C(=O)NO)N(C)C(=O)c1ccc(C#Cc2ccc(CN3CCCOCC3)cc2)cc1. The van der Waals surface area contributed by atoms with Crippen molar-refractivity contribution in [2.45, 2.75) is 25.4 Å². The monoisotopic (exact) mass is 492 g/mol. The van der Waals surface area contributed by atoms with Crippen molar-refractivity contribution in [2.75, 3.05) is 40.4 Å². The predicted molar refractivity (Wildman–Crippen MR) is 134 cm³/mol. The van der Waals surface area contributed by atoms with Crippen molar-refractivity contribution in [1.29, 1.82) is 0 Å². The van der Waals surface area contributed by atoms with Gasteiger partial charge in [0.1, 0.15) is 0 Å². The van der Waals surface area contributed by atoms with Gasteiger partial charge in [0.05, 0.1) is 6.61 Å². The minimum atomic E-state index is -1.94. The summed E-state index contributed by atoms with van der Waals surface area (Å²) < 4.78 is 5.51. The molecule has 1 unspecified atom stereocenters.